The van der Waals surface area contributed by atoms with Gasteiger partial charge >= 0.3 is 0 Å². The van der Waals surface area contributed by atoms with Crippen LogP contribution in [-0.2, 0) is 6.54 Å². The number of rotatable bonds is 5. The molecular weight excluding hydrogens is 322 g/mol. The van der Waals surface area contributed by atoms with Crippen molar-refractivity contribution in [2.75, 3.05) is 6.79 Å². The lowest BCUT2D eigenvalue weighted by Crippen LogP contribution is -2.21. The van der Waals surface area contributed by atoms with Gasteiger partial charge in [0.15, 0.2) is 11.5 Å². The van der Waals surface area contributed by atoms with Crippen LogP contribution in [0.4, 0.5) is 0 Å². The quantitative estimate of drug-likeness (QED) is 0.879. The molecule has 20 heavy (non-hydrogen) atoms. The zero-order valence-electron chi connectivity index (χ0n) is 11.1. The predicted molar refractivity (Wildman–Crippen MR) is 78.7 cm³/mol. The van der Waals surface area contributed by atoms with E-state index >= 15 is 0 Å². The summed E-state index contributed by atoms with van der Waals surface area (Å²) in [7, 11) is 0. The number of fused-ring (bicyclic) bond motifs is 1. The molecule has 6 heteroatoms. The van der Waals surface area contributed by atoms with Gasteiger partial charge in [0.2, 0.25) is 6.79 Å². The molecular formula is C14H16BrN3O2. The summed E-state index contributed by atoms with van der Waals surface area (Å²) in [5.41, 5.74) is 1.14. The minimum atomic E-state index is 0.217. The molecule has 2 aromatic rings. The van der Waals surface area contributed by atoms with Gasteiger partial charge in [0.05, 0.1) is 10.5 Å². The van der Waals surface area contributed by atoms with Gasteiger partial charge in [0.1, 0.15) is 5.82 Å². The number of imidazole rings is 1. The first-order valence-electron chi connectivity index (χ1n) is 6.58. The number of aromatic amines is 1. The highest BCUT2D eigenvalue weighted by Gasteiger charge is 2.18. The van der Waals surface area contributed by atoms with Crippen molar-refractivity contribution in [2.45, 2.75) is 25.9 Å². The Morgan fingerprint density at radius 2 is 2.35 bits per heavy atom. The third kappa shape index (κ3) is 2.66. The number of H-pyrrole nitrogens is 1. The molecule has 0 spiro atoms. The molecule has 106 valence electrons. The highest BCUT2D eigenvalue weighted by Crippen LogP contribution is 2.40. The topological polar surface area (TPSA) is 59.2 Å². The van der Waals surface area contributed by atoms with Gasteiger partial charge in [-0.05, 0) is 40.0 Å². The first-order valence-corrected chi connectivity index (χ1v) is 7.38. The Labute approximate surface area is 125 Å². The molecule has 0 amide bonds. The van der Waals surface area contributed by atoms with E-state index in [-0.39, 0.29) is 12.8 Å². The zero-order chi connectivity index (χ0) is 13.9. The monoisotopic (exact) mass is 337 g/mol. The second kappa shape index (κ2) is 5.85. The van der Waals surface area contributed by atoms with E-state index in [1.807, 2.05) is 12.3 Å². The normalized spacial score (nSPS) is 14.5. The third-order valence-electron chi connectivity index (χ3n) is 3.30. The van der Waals surface area contributed by atoms with Gasteiger partial charge in [-0.25, -0.2) is 4.98 Å². The van der Waals surface area contributed by atoms with Gasteiger partial charge < -0.3 is 19.8 Å². The highest BCUT2D eigenvalue weighted by atomic mass is 79.9. The Morgan fingerprint density at radius 1 is 1.45 bits per heavy atom. The first-order chi connectivity index (χ1) is 9.78. The van der Waals surface area contributed by atoms with E-state index in [1.54, 1.807) is 6.20 Å². The fourth-order valence-corrected chi connectivity index (χ4v) is 2.87. The summed E-state index contributed by atoms with van der Waals surface area (Å²) in [4.78, 5) is 7.45. The van der Waals surface area contributed by atoms with Crippen LogP contribution in [0.25, 0.3) is 0 Å². The summed E-state index contributed by atoms with van der Waals surface area (Å²) in [6.07, 6.45) is 4.59. The molecule has 3 rings (SSSR count). The van der Waals surface area contributed by atoms with Crippen LogP contribution in [-0.4, -0.2) is 16.8 Å². The van der Waals surface area contributed by atoms with Crippen LogP contribution >= 0.6 is 15.9 Å². The molecule has 0 saturated heterocycles. The van der Waals surface area contributed by atoms with E-state index in [4.69, 9.17) is 9.47 Å². The lowest BCUT2D eigenvalue weighted by molar-refractivity contribution is 0.173. The second-order valence-electron chi connectivity index (χ2n) is 4.63. The summed E-state index contributed by atoms with van der Waals surface area (Å²) < 4.78 is 11.7. The molecule has 0 fully saturated rings. The molecule has 5 nitrogen and oxygen atoms in total. The van der Waals surface area contributed by atoms with Crippen molar-refractivity contribution in [1.29, 1.82) is 0 Å². The van der Waals surface area contributed by atoms with Gasteiger partial charge in [-0.3, -0.25) is 0 Å². The van der Waals surface area contributed by atoms with E-state index in [0.29, 0.717) is 0 Å². The van der Waals surface area contributed by atoms with Crippen molar-refractivity contribution in [3.63, 3.8) is 0 Å². The van der Waals surface area contributed by atoms with Gasteiger partial charge in [-0.15, -0.1) is 0 Å². The highest BCUT2D eigenvalue weighted by molar-refractivity contribution is 9.10. The van der Waals surface area contributed by atoms with Crippen molar-refractivity contribution in [3.05, 3.63) is 40.4 Å². The Morgan fingerprint density at radius 3 is 3.10 bits per heavy atom. The molecule has 2 N–H and O–H groups in total. The van der Waals surface area contributed by atoms with Gasteiger partial charge in [-0.1, -0.05) is 6.92 Å². The Bertz CT molecular complexity index is 586. The standard InChI is InChI=1S/C14H16BrN3O2/c1-2-11(14-16-3-4-17-14)18-7-9-5-10(15)13-12(6-9)19-8-20-13/h3-6,11,18H,2,7-8H2,1H3,(H,16,17). The molecule has 1 atom stereocenters. The van der Waals surface area contributed by atoms with Gasteiger partial charge in [0.25, 0.3) is 0 Å². The molecule has 2 heterocycles. The molecule has 1 aromatic heterocycles. The maximum absolute atomic E-state index is 5.43. The van der Waals surface area contributed by atoms with Crippen molar-refractivity contribution < 1.29 is 9.47 Å². The molecule has 1 aliphatic rings. The smallest absolute Gasteiger partial charge is 0.231 e. The minimum absolute atomic E-state index is 0.217. The van der Waals surface area contributed by atoms with Gasteiger partial charge in [-0.2, -0.15) is 0 Å². The van der Waals surface area contributed by atoms with E-state index in [9.17, 15) is 0 Å². The summed E-state index contributed by atoms with van der Waals surface area (Å²) in [5.74, 6) is 2.54. The number of ether oxygens (including phenoxy) is 2. The van der Waals surface area contributed by atoms with Crippen molar-refractivity contribution in [1.82, 2.24) is 15.3 Å². The molecule has 1 aliphatic heterocycles. The van der Waals surface area contributed by atoms with E-state index < -0.39 is 0 Å². The van der Waals surface area contributed by atoms with E-state index in [0.717, 1.165) is 40.3 Å². The Kier molecular flexibility index (Phi) is 3.93. The maximum Gasteiger partial charge on any atom is 0.231 e. The number of halogens is 1. The Balaban J connectivity index is 1.71. The number of benzene rings is 1. The second-order valence-corrected chi connectivity index (χ2v) is 5.48. The van der Waals surface area contributed by atoms with Crippen LogP contribution in [0.15, 0.2) is 29.0 Å². The third-order valence-corrected chi connectivity index (χ3v) is 3.89. The maximum atomic E-state index is 5.43. The van der Waals surface area contributed by atoms with E-state index in [2.05, 4.69) is 44.2 Å². The summed E-state index contributed by atoms with van der Waals surface area (Å²) in [6, 6.07) is 4.28. The molecule has 1 unspecified atom stereocenters. The summed E-state index contributed by atoms with van der Waals surface area (Å²) in [6.45, 7) is 3.17. The predicted octanol–water partition coefficient (Wildman–Crippen LogP) is 3.14. The van der Waals surface area contributed by atoms with Crippen LogP contribution in [0.2, 0.25) is 0 Å². The lowest BCUT2D eigenvalue weighted by atomic mass is 10.1. The van der Waals surface area contributed by atoms with Crippen molar-refractivity contribution in [2.24, 2.45) is 0 Å². The first kappa shape index (κ1) is 13.5. The minimum Gasteiger partial charge on any atom is -0.454 e. The Hall–Kier alpha value is -1.53. The number of hydrogen-bond acceptors (Lipinski definition) is 4. The average molecular weight is 338 g/mol. The number of hydrogen-bond donors (Lipinski definition) is 2. The molecule has 0 radical (unpaired) electrons. The SMILES string of the molecule is CCC(NCc1cc(Br)c2c(c1)OCO2)c1ncc[nH]1. The van der Waals surface area contributed by atoms with Crippen LogP contribution < -0.4 is 14.8 Å². The van der Waals surface area contributed by atoms with Crippen molar-refractivity contribution >= 4 is 15.9 Å². The zero-order valence-corrected chi connectivity index (χ0v) is 12.7. The fourth-order valence-electron chi connectivity index (χ4n) is 2.27. The van der Waals surface area contributed by atoms with Crippen LogP contribution in [0, 0.1) is 0 Å². The molecule has 0 saturated carbocycles. The molecule has 0 bridgehead atoms. The number of nitrogens with zero attached hydrogens (tertiary/aromatic N) is 1. The average Bonchev–Trinajstić information content (AvgIpc) is 3.10. The largest absolute Gasteiger partial charge is 0.454 e. The number of nitrogens with one attached hydrogen (secondary N) is 2. The summed E-state index contributed by atoms with van der Waals surface area (Å²) in [5, 5.41) is 3.50. The van der Waals surface area contributed by atoms with E-state index in [1.165, 1.54) is 0 Å². The van der Waals surface area contributed by atoms with Crippen LogP contribution in [0.3, 0.4) is 0 Å². The molecule has 0 aliphatic carbocycles. The fraction of sp³-hybridized carbons (Fsp3) is 0.357. The van der Waals surface area contributed by atoms with Gasteiger partial charge in [0, 0.05) is 18.9 Å². The van der Waals surface area contributed by atoms with Crippen LogP contribution in [0.5, 0.6) is 11.5 Å². The van der Waals surface area contributed by atoms with Crippen LogP contribution in [0.1, 0.15) is 30.8 Å². The molecule has 1 aromatic carbocycles. The number of aromatic nitrogens is 2. The summed E-state index contributed by atoms with van der Waals surface area (Å²) >= 11 is 3.51. The van der Waals surface area contributed by atoms with Crippen molar-refractivity contribution in [3.8, 4) is 11.5 Å². The lowest BCUT2D eigenvalue weighted by Gasteiger charge is -2.15.